The molecule has 2 aromatic carbocycles. The minimum Gasteiger partial charge on any atom is -0.478 e. The number of aromatic nitrogens is 1. The van der Waals surface area contributed by atoms with E-state index >= 15 is 0 Å². The number of nitrogens with zero attached hydrogens (tertiary/aromatic N) is 2. The number of rotatable bonds is 8. The summed E-state index contributed by atoms with van der Waals surface area (Å²) in [6, 6.07) is 21.0. The van der Waals surface area contributed by atoms with E-state index in [4.69, 9.17) is 21.4 Å². The highest BCUT2D eigenvalue weighted by Gasteiger charge is 2.42. The summed E-state index contributed by atoms with van der Waals surface area (Å²) in [6.45, 7) is 1.87. The molecule has 1 amide bonds. The van der Waals surface area contributed by atoms with Crippen LogP contribution in [-0.4, -0.2) is 40.8 Å². The average Bonchev–Trinajstić information content (AvgIpc) is 3.55. The molecule has 39 heavy (non-hydrogen) atoms. The molecule has 0 radical (unpaired) electrons. The van der Waals surface area contributed by atoms with Gasteiger partial charge in [0.1, 0.15) is 24.2 Å². The zero-order valence-electron chi connectivity index (χ0n) is 21.3. The Labute approximate surface area is 230 Å². The second-order valence-electron chi connectivity index (χ2n) is 9.06. The highest BCUT2D eigenvalue weighted by molar-refractivity contribution is 7.80. The maximum Gasteiger partial charge on any atom is 0.335 e. The Kier molecular flexibility index (Phi) is 7.40. The van der Waals surface area contributed by atoms with Crippen LogP contribution in [0.5, 0.6) is 0 Å². The van der Waals surface area contributed by atoms with Crippen molar-refractivity contribution in [2.75, 3.05) is 23.9 Å². The molecule has 2 aromatic heterocycles. The Hall–Kier alpha value is -4.54. The van der Waals surface area contributed by atoms with Crippen LogP contribution in [0.4, 0.5) is 11.4 Å². The molecule has 1 aliphatic heterocycles. The first-order valence-corrected chi connectivity index (χ1v) is 12.6. The monoisotopic (exact) mass is 542 g/mol. The maximum atomic E-state index is 12.0. The zero-order chi connectivity index (χ0) is 27.5. The van der Waals surface area contributed by atoms with Crippen LogP contribution in [0.1, 0.15) is 39.5 Å². The van der Waals surface area contributed by atoms with Crippen molar-refractivity contribution in [3.8, 4) is 11.3 Å². The molecule has 0 spiro atoms. The number of ether oxygens (including phenoxy) is 1. The standard InChI is InChI=1S/C29H26N4O5S/c1-17-14-20(9-10-21(17)31-25(34)16-37-2)33-27(26(32-29(33)39)22-8-3-4-13-30-22)24-12-11-23(38-24)18-6-5-7-19(15-18)28(35)36/h3-15,26-27H,16H2,1-2H3,(H,31,34)(H,32,39)(H,35,36). The van der Waals surface area contributed by atoms with Crippen molar-refractivity contribution in [1.29, 1.82) is 0 Å². The predicted molar refractivity (Wildman–Crippen MR) is 151 cm³/mol. The van der Waals surface area contributed by atoms with Gasteiger partial charge in [0.15, 0.2) is 5.11 Å². The van der Waals surface area contributed by atoms with Gasteiger partial charge in [0, 0.05) is 30.2 Å². The van der Waals surface area contributed by atoms with Crippen molar-refractivity contribution in [1.82, 2.24) is 10.3 Å². The summed E-state index contributed by atoms with van der Waals surface area (Å²) in [6.07, 6.45) is 1.73. The number of thiocarbonyl (C=S) groups is 1. The Balaban J connectivity index is 1.54. The van der Waals surface area contributed by atoms with Gasteiger partial charge in [-0.25, -0.2) is 4.79 Å². The van der Waals surface area contributed by atoms with Crippen LogP contribution in [0, 0.1) is 6.92 Å². The first kappa shape index (κ1) is 26.1. The number of hydrogen-bond donors (Lipinski definition) is 3. The van der Waals surface area contributed by atoms with Gasteiger partial charge < -0.3 is 29.8 Å². The molecule has 2 atom stereocenters. The molecule has 1 saturated heterocycles. The number of carboxylic acid groups (broad SMARTS) is 1. The second kappa shape index (κ2) is 11.1. The van der Waals surface area contributed by atoms with Crippen LogP contribution >= 0.6 is 12.2 Å². The Morgan fingerprint density at radius 2 is 1.97 bits per heavy atom. The Morgan fingerprint density at radius 1 is 1.13 bits per heavy atom. The molecule has 0 aliphatic carbocycles. The number of carbonyl (C=O) groups is 2. The summed E-state index contributed by atoms with van der Waals surface area (Å²) in [5.41, 5.74) is 3.96. The number of aromatic carboxylic acids is 1. The number of benzene rings is 2. The van der Waals surface area contributed by atoms with E-state index in [0.29, 0.717) is 27.9 Å². The fourth-order valence-corrected chi connectivity index (χ4v) is 5.00. The van der Waals surface area contributed by atoms with Crippen molar-refractivity contribution >= 4 is 40.6 Å². The fourth-order valence-electron chi connectivity index (χ4n) is 4.65. The van der Waals surface area contributed by atoms with E-state index < -0.39 is 12.0 Å². The van der Waals surface area contributed by atoms with Gasteiger partial charge in [-0.3, -0.25) is 9.78 Å². The quantitative estimate of drug-likeness (QED) is 0.261. The van der Waals surface area contributed by atoms with Crippen LogP contribution in [-0.2, 0) is 9.53 Å². The molecular formula is C29H26N4O5S. The summed E-state index contributed by atoms with van der Waals surface area (Å²) in [5.74, 6) is -0.0793. The van der Waals surface area contributed by atoms with Gasteiger partial charge in [-0.05, 0) is 79.3 Å². The maximum absolute atomic E-state index is 12.0. The first-order chi connectivity index (χ1) is 18.9. The number of carbonyl (C=O) groups excluding carboxylic acids is 1. The van der Waals surface area contributed by atoms with Crippen molar-refractivity contribution in [3.05, 3.63) is 102 Å². The molecule has 0 saturated carbocycles. The SMILES string of the molecule is COCC(=O)Nc1ccc(N2C(=S)NC(c3ccccn3)C2c2ccc(-c3cccc(C(=O)O)c3)o2)cc1C. The van der Waals surface area contributed by atoms with Crippen molar-refractivity contribution < 1.29 is 23.8 Å². The molecule has 0 bridgehead atoms. The lowest BCUT2D eigenvalue weighted by Gasteiger charge is -2.26. The topological polar surface area (TPSA) is 117 Å². The first-order valence-electron chi connectivity index (χ1n) is 12.2. The van der Waals surface area contributed by atoms with Gasteiger partial charge in [0.05, 0.1) is 17.3 Å². The lowest BCUT2D eigenvalue weighted by molar-refractivity contribution is -0.119. The third-order valence-corrected chi connectivity index (χ3v) is 6.76. The highest BCUT2D eigenvalue weighted by atomic mass is 32.1. The van der Waals surface area contributed by atoms with Gasteiger partial charge >= 0.3 is 5.97 Å². The molecule has 10 heteroatoms. The smallest absolute Gasteiger partial charge is 0.335 e. The molecule has 198 valence electrons. The van der Waals surface area contributed by atoms with E-state index in [-0.39, 0.29) is 24.1 Å². The number of furan rings is 1. The van der Waals surface area contributed by atoms with E-state index in [0.717, 1.165) is 16.9 Å². The van der Waals surface area contributed by atoms with Crippen LogP contribution in [0.3, 0.4) is 0 Å². The highest BCUT2D eigenvalue weighted by Crippen LogP contribution is 2.43. The van der Waals surface area contributed by atoms with Crippen molar-refractivity contribution in [2.45, 2.75) is 19.0 Å². The Morgan fingerprint density at radius 3 is 2.69 bits per heavy atom. The number of hydrogen-bond acceptors (Lipinski definition) is 6. The van der Waals surface area contributed by atoms with E-state index in [1.54, 1.807) is 24.4 Å². The third-order valence-electron chi connectivity index (χ3n) is 6.45. The normalized spacial score (nSPS) is 16.7. The van der Waals surface area contributed by atoms with Gasteiger partial charge in [-0.1, -0.05) is 18.2 Å². The molecule has 3 N–H and O–H groups in total. The van der Waals surface area contributed by atoms with Crippen LogP contribution < -0.4 is 15.5 Å². The summed E-state index contributed by atoms with van der Waals surface area (Å²) in [5, 5.41) is 16.1. The molecule has 4 aromatic rings. The van der Waals surface area contributed by atoms with Gasteiger partial charge in [0.2, 0.25) is 5.91 Å². The summed E-state index contributed by atoms with van der Waals surface area (Å²) < 4.78 is 11.3. The van der Waals surface area contributed by atoms with Gasteiger partial charge in [-0.2, -0.15) is 0 Å². The average molecular weight is 543 g/mol. The molecule has 1 aliphatic rings. The van der Waals surface area contributed by atoms with Crippen LogP contribution in [0.25, 0.3) is 11.3 Å². The van der Waals surface area contributed by atoms with Crippen LogP contribution in [0.2, 0.25) is 0 Å². The number of nitrogens with one attached hydrogen (secondary N) is 2. The largest absolute Gasteiger partial charge is 0.478 e. The number of amides is 1. The zero-order valence-corrected chi connectivity index (χ0v) is 22.1. The van der Waals surface area contributed by atoms with E-state index in [2.05, 4.69) is 15.6 Å². The van der Waals surface area contributed by atoms with E-state index in [1.807, 2.05) is 60.4 Å². The van der Waals surface area contributed by atoms with Crippen molar-refractivity contribution in [2.24, 2.45) is 0 Å². The molecule has 1 fully saturated rings. The van der Waals surface area contributed by atoms with Crippen molar-refractivity contribution in [3.63, 3.8) is 0 Å². The van der Waals surface area contributed by atoms with E-state index in [9.17, 15) is 14.7 Å². The van der Waals surface area contributed by atoms with E-state index in [1.165, 1.54) is 13.2 Å². The molecule has 2 unspecified atom stereocenters. The molecule has 5 rings (SSSR count). The lowest BCUT2D eigenvalue weighted by atomic mass is 10.0. The summed E-state index contributed by atoms with van der Waals surface area (Å²) in [4.78, 5) is 30.1. The number of carboxylic acids is 1. The van der Waals surface area contributed by atoms with Crippen LogP contribution in [0.15, 0.2) is 83.4 Å². The fraction of sp³-hybridized carbons (Fsp3) is 0.172. The Bertz CT molecular complexity index is 1540. The third kappa shape index (κ3) is 5.38. The molecular weight excluding hydrogens is 516 g/mol. The number of aryl methyl sites for hydroxylation is 1. The predicted octanol–water partition coefficient (Wildman–Crippen LogP) is 5.11. The number of methoxy groups -OCH3 is 1. The number of anilines is 2. The summed E-state index contributed by atoms with van der Waals surface area (Å²) >= 11 is 5.80. The molecule has 3 heterocycles. The van der Waals surface area contributed by atoms with Gasteiger partial charge in [-0.15, -0.1) is 0 Å². The number of pyridine rings is 1. The second-order valence-corrected chi connectivity index (χ2v) is 9.45. The minimum atomic E-state index is -1.01. The summed E-state index contributed by atoms with van der Waals surface area (Å²) in [7, 11) is 1.47. The minimum absolute atomic E-state index is 0.0364. The van der Waals surface area contributed by atoms with Gasteiger partial charge in [0.25, 0.3) is 0 Å². The lowest BCUT2D eigenvalue weighted by Crippen LogP contribution is -2.29. The molecule has 9 nitrogen and oxygen atoms in total.